The Kier molecular flexibility index (Phi) is 5.86. The molecule has 0 saturated heterocycles. The summed E-state index contributed by atoms with van der Waals surface area (Å²) in [6.45, 7) is 9.19. The van der Waals surface area contributed by atoms with Gasteiger partial charge in [-0.1, -0.05) is 29.8 Å². The van der Waals surface area contributed by atoms with Crippen molar-refractivity contribution >= 4 is 33.2 Å². The van der Waals surface area contributed by atoms with Crippen LogP contribution in [0.2, 0.25) is 0 Å². The van der Waals surface area contributed by atoms with Crippen LogP contribution < -0.4 is 5.32 Å². The Hall–Kier alpha value is -0.350. The van der Waals surface area contributed by atoms with E-state index >= 15 is 0 Å². The second kappa shape index (κ2) is 6.71. The number of carbonyl (C=O) groups is 1. The van der Waals surface area contributed by atoms with Gasteiger partial charge in [0.1, 0.15) is 0 Å². The van der Waals surface area contributed by atoms with Crippen molar-refractivity contribution in [2.24, 2.45) is 5.41 Å². The third-order valence-corrected chi connectivity index (χ3v) is 6.14. The summed E-state index contributed by atoms with van der Waals surface area (Å²) in [4.78, 5) is 14.1. The van der Waals surface area contributed by atoms with Gasteiger partial charge in [-0.3, -0.25) is 4.79 Å². The van der Waals surface area contributed by atoms with Crippen LogP contribution >= 0.6 is 27.3 Å². The molecule has 4 heteroatoms. The van der Waals surface area contributed by atoms with E-state index in [2.05, 4.69) is 42.0 Å². The Morgan fingerprint density at radius 3 is 2.39 bits per heavy atom. The average molecular weight is 332 g/mol. The fourth-order valence-corrected chi connectivity index (χ4v) is 3.72. The van der Waals surface area contributed by atoms with E-state index in [-0.39, 0.29) is 11.3 Å². The lowest BCUT2D eigenvalue weighted by molar-refractivity contribution is 0.0936. The molecule has 2 nitrogen and oxygen atoms in total. The number of alkyl halides is 1. The third-order valence-electron chi connectivity index (χ3n) is 3.80. The van der Waals surface area contributed by atoms with Crippen molar-refractivity contribution in [3.05, 3.63) is 21.4 Å². The average Bonchev–Trinajstić information content (AvgIpc) is 2.72. The van der Waals surface area contributed by atoms with E-state index in [9.17, 15) is 4.79 Å². The van der Waals surface area contributed by atoms with Crippen LogP contribution in [0, 0.1) is 19.3 Å². The first-order valence-corrected chi connectivity index (χ1v) is 8.33. The fourth-order valence-electron chi connectivity index (χ4n) is 1.78. The maximum Gasteiger partial charge on any atom is 0.261 e. The number of halogens is 1. The zero-order chi connectivity index (χ0) is 13.8. The zero-order valence-corrected chi connectivity index (χ0v) is 14.0. The van der Waals surface area contributed by atoms with E-state index in [4.69, 9.17) is 0 Å². The van der Waals surface area contributed by atoms with Gasteiger partial charge in [0.15, 0.2) is 0 Å². The van der Waals surface area contributed by atoms with Crippen molar-refractivity contribution < 1.29 is 4.79 Å². The number of thiophene rings is 1. The van der Waals surface area contributed by atoms with Gasteiger partial charge in [-0.2, -0.15) is 0 Å². The maximum atomic E-state index is 12.1. The topological polar surface area (TPSA) is 29.1 Å². The molecule has 1 amide bonds. The van der Waals surface area contributed by atoms with Gasteiger partial charge in [-0.25, -0.2) is 0 Å². The van der Waals surface area contributed by atoms with Crippen molar-refractivity contribution in [1.29, 1.82) is 0 Å². The lowest BCUT2D eigenvalue weighted by Crippen LogP contribution is -2.37. The van der Waals surface area contributed by atoms with Crippen LogP contribution in [0.1, 0.15) is 46.8 Å². The molecule has 0 bridgehead atoms. The van der Waals surface area contributed by atoms with Crippen molar-refractivity contribution in [1.82, 2.24) is 5.32 Å². The molecule has 0 saturated carbocycles. The van der Waals surface area contributed by atoms with E-state index in [1.807, 2.05) is 13.0 Å². The highest BCUT2D eigenvalue weighted by molar-refractivity contribution is 9.09. The van der Waals surface area contributed by atoms with Crippen LogP contribution in [-0.4, -0.2) is 17.8 Å². The smallest absolute Gasteiger partial charge is 0.261 e. The van der Waals surface area contributed by atoms with Crippen LogP contribution in [0.15, 0.2) is 6.07 Å². The standard InChI is InChI=1S/C14H22BrNOS/c1-5-14(6-2,8-15)9-16-13(17)12-7-10(3)11(4)18-12/h7H,5-6,8-9H2,1-4H3,(H,16,17). The summed E-state index contributed by atoms with van der Waals surface area (Å²) >= 11 is 5.14. The van der Waals surface area contributed by atoms with Gasteiger partial charge in [-0.05, 0) is 43.7 Å². The molecule has 18 heavy (non-hydrogen) atoms. The second-order valence-corrected chi connectivity index (χ2v) is 6.69. The van der Waals surface area contributed by atoms with Crippen LogP contribution in [0.4, 0.5) is 0 Å². The Bertz CT molecular complexity index is 382. The molecule has 0 aliphatic heterocycles. The first kappa shape index (κ1) is 15.7. The molecular formula is C14H22BrNOS. The molecule has 0 aromatic carbocycles. The first-order valence-electron chi connectivity index (χ1n) is 6.39. The largest absolute Gasteiger partial charge is 0.351 e. The molecule has 0 atom stereocenters. The first-order chi connectivity index (χ1) is 8.48. The fraction of sp³-hybridized carbons (Fsp3) is 0.643. The summed E-state index contributed by atoms with van der Waals surface area (Å²) in [5.41, 5.74) is 1.37. The molecule has 0 radical (unpaired) electrons. The second-order valence-electron chi connectivity index (χ2n) is 4.87. The number of hydrogen-bond acceptors (Lipinski definition) is 2. The normalized spacial score (nSPS) is 11.6. The summed E-state index contributed by atoms with van der Waals surface area (Å²) in [6, 6.07) is 1.98. The minimum atomic E-state index is 0.0587. The summed E-state index contributed by atoms with van der Waals surface area (Å²) in [6.07, 6.45) is 2.13. The lowest BCUT2D eigenvalue weighted by Gasteiger charge is -2.29. The van der Waals surface area contributed by atoms with Crippen LogP contribution in [0.5, 0.6) is 0 Å². The number of aryl methyl sites for hydroxylation is 2. The molecule has 1 heterocycles. The predicted octanol–water partition coefficient (Wildman–Crippen LogP) is 4.30. The minimum absolute atomic E-state index is 0.0587. The molecule has 1 rings (SSSR count). The van der Waals surface area contributed by atoms with E-state index in [0.29, 0.717) is 0 Å². The quantitative estimate of drug-likeness (QED) is 0.774. The van der Waals surface area contributed by atoms with Gasteiger partial charge in [0.2, 0.25) is 0 Å². The van der Waals surface area contributed by atoms with Gasteiger partial charge in [-0.15, -0.1) is 11.3 Å². The van der Waals surface area contributed by atoms with E-state index < -0.39 is 0 Å². The molecule has 102 valence electrons. The minimum Gasteiger partial charge on any atom is -0.351 e. The van der Waals surface area contributed by atoms with Gasteiger partial charge in [0.25, 0.3) is 5.91 Å². The summed E-state index contributed by atoms with van der Waals surface area (Å²) in [5.74, 6) is 0.0587. The Morgan fingerprint density at radius 1 is 1.39 bits per heavy atom. The van der Waals surface area contributed by atoms with Crippen LogP contribution in [-0.2, 0) is 0 Å². The molecule has 1 N–H and O–H groups in total. The highest BCUT2D eigenvalue weighted by atomic mass is 79.9. The highest BCUT2D eigenvalue weighted by Crippen LogP contribution is 2.28. The van der Waals surface area contributed by atoms with Crippen molar-refractivity contribution in [2.45, 2.75) is 40.5 Å². The molecule has 0 fully saturated rings. The monoisotopic (exact) mass is 331 g/mol. The third kappa shape index (κ3) is 3.58. The summed E-state index contributed by atoms with van der Waals surface area (Å²) in [7, 11) is 0. The van der Waals surface area contributed by atoms with E-state index in [0.717, 1.165) is 29.6 Å². The summed E-state index contributed by atoms with van der Waals surface area (Å²) in [5, 5.41) is 4.00. The van der Waals surface area contributed by atoms with E-state index in [1.54, 1.807) is 11.3 Å². The van der Waals surface area contributed by atoms with Crippen molar-refractivity contribution in [3.8, 4) is 0 Å². The van der Waals surface area contributed by atoms with Gasteiger partial charge >= 0.3 is 0 Å². The van der Waals surface area contributed by atoms with Crippen molar-refractivity contribution in [2.75, 3.05) is 11.9 Å². The number of carbonyl (C=O) groups excluding carboxylic acids is 1. The number of hydrogen-bond donors (Lipinski definition) is 1. The molecule has 1 aromatic rings. The molecule has 0 spiro atoms. The molecule has 1 aromatic heterocycles. The Labute approximate surface area is 122 Å². The predicted molar refractivity (Wildman–Crippen MR) is 82.9 cm³/mol. The number of rotatable bonds is 6. The van der Waals surface area contributed by atoms with E-state index in [1.165, 1.54) is 10.4 Å². The Balaban J connectivity index is 2.65. The molecule has 0 unspecified atom stereocenters. The summed E-state index contributed by atoms with van der Waals surface area (Å²) < 4.78 is 0. The highest BCUT2D eigenvalue weighted by Gasteiger charge is 2.25. The maximum absolute atomic E-state index is 12.1. The lowest BCUT2D eigenvalue weighted by atomic mass is 9.84. The van der Waals surface area contributed by atoms with Crippen LogP contribution in [0.25, 0.3) is 0 Å². The van der Waals surface area contributed by atoms with Gasteiger partial charge in [0, 0.05) is 16.8 Å². The molecule has 0 aliphatic carbocycles. The molecule has 0 aliphatic rings. The SMILES string of the molecule is CCC(CC)(CBr)CNC(=O)c1cc(C)c(C)s1. The van der Waals surface area contributed by atoms with Crippen LogP contribution in [0.3, 0.4) is 0 Å². The van der Waals surface area contributed by atoms with Gasteiger partial charge in [0.05, 0.1) is 4.88 Å². The van der Waals surface area contributed by atoms with Gasteiger partial charge < -0.3 is 5.32 Å². The number of amides is 1. The van der Waals surface area contributed by atoms with Crippen molar-refractivity contribution in [3.63, 3.8) is 0 Å². The number of nitrogens with one attached hydrogen (secondary N) is 1. The molecular weight excluding hydrogens is 310 g/mol. The Morgan fingerprint density at radius 2 is 2.00 bits per heavy atom. The zero-order valence-electron chi connectivity index (χ0n) is 11.6.